The monoisotopic (exact) mass is 302 g/mol. The summed E-state index contributed by atoms with van der Waals surface area (Å²) in [5.41, 5.74) is 9.87. The zero-order valence-corrected chi connectivity index (χ0v) is 12.2. The van der Waals surface area contributed by atoms with Gasteiger partial charge in [-0.05, 0) is 12.1 Å². The SMILES string of the molecule is Nc1c(N2CCOCC2)c(Cl)cc2c1[nH]c1cnccc12. The number of nitrogens with one attached hydrogen (secondary N) is 1. The maximum Gasteiger partial charge on any atom is 0.0813 e. The highest BCUT2D eigenvalue weighted by Gasteiger charge is 2.20. The van der Waals surface area contributed by atoms with E-state index in [1.807, 2.05) is 12.1 Å². The molecule has 4 rings (SSSR count). The number of nitrogen functional groups attached to an aromatic ring is 1. The number of anilines is 2. The topological polar surface area (TPSA) is 67.2 Å². The van der Waals surface area contributed by atoms with Crippen molar-refractivity contribution in [1.29, 1.82) is 0 Å². The van der Waals surface area contributed by atoms with E-state index >= 15 is 0 Å². The van der Waals surface area contributed by atoms with Gasteiger partial charge in [0.25, 0.3) is 0 Å². The van der Waals surface area contributed by atoms with Crippen LogP contribution in [0.2, 0.25) is 5.02 Å². The van der Waals surface area contributed by atoms with Crippen LogP contribution in [0.4, 0.5) is 11.4 Å². The van der Waals surface area contributed by atoms with E-state index in [2.05, 4.69) is 14.9 Å². The van der Waals surface area contributed by atoms with Crippen LogP contribution in [0.5, 0.6) is 0 Å². The molecule has 1 aromatic carbocycles. The molecule has 108 valence electrons. The smallest absolute Gasteiger partial charge is 0.0813 e. The van der Waals surface area contributed by atoms with E-state index in [9.17, 15) is 0 Å². The van der Waals surface area contributed by atoms with Crippen LogP contribution in [-0.2, 0) is 4.74 Å². The Bertz CT molecular complexity index is 823. The number of nitrogens with zero attached hydrogens (tertiary/aromatic N) is 2. The molecule has 1 aliphatic heterocycles. The Kier molecular flexibility index (Phi) is 2.90. The summed E-state index contributed by atoms with van der Waals surface area (Å²) in [5, 5.41) is 2.80. The van der Waals surface area contributed by atoms with Crippen molar-refractivity contribution in [3.05, 3.63) is 29.5 Å². The summed E-state index contributed by atoms with van der Waals surface area (Å²) in [6.45, 7) is 3.00. The van der Waals surface area contributed by atoms with Gasteiger partial charge >= 0.3 is 0 Å². The molecular weight excluding hydrogens is 288 g/mol. The maximum atomic E-state index is 6.51. The van der Waals surface area contributed by atoms with Gasteiger partial charge in [-0.3, -0.25) is 4.98 Å². The fourth-order valence-electron chi connectivity index (χ4n) is 2.98. The second kappa shape index (κ2) is 4.79. The van der Waals surface area contributed by atoms with E-state index in [4.69, 9.17) is 22.1 Å². The Morgan fingerprint density at radius 3 is 2.90 bits per heavy atom. The van der Waals surface area contributed by atoms with Crippen LogP contribution in [0.15, 0.2) is 24.5 Å². The molecule has 0 radical (unpaired) electrons. The first kappa shape index (κ1) is 12.7. The highest BCUT2D eigenvalue weighted by Crippen LogP contribution is 2.40. The molecule has 0 unspecified atom stereocenters. The van der Waals surface area contributed by atoms with Crippen molar-refractivity contribution < 1.29 is 4.74 Å². The second-order valence-corrected chi connectivity index (χ2v) is 5.60. The van der Waals surface area contributed by atoms with Crippen molar-refractivity contribution in [2.75, 3.05) is 36.9 Å². The van der Waals surface area contributed by atoms with Gasteiger partial charge in [-0.1, -0.05) is 11.6 Å². The summed E-state index contributed by atoms with van der Waals surface area (Å²) in [4.78, 5) is 9.67. The van der Waals surface area contributed by atoms with Gasteiger partial charge in [-0.2, -0.15) is 0 Å². The third-order valence-corrected chi connectivity index (χ3v) is 4.28. The Morgan fingerprint density at radius 2 is 2.10 bits per heavy atom. The van der Waals surface area contributed by atoms with Gasteiger partial charge < -0.3 is 20.4 Å². The van der Waals surface area contributed by atoms with E-state index in [0.29, 0.717) is 23.9 Å². The standard InChI is InChI=1S/C15H15ClN4O/c16-11-7-10-9-1-2-18-8-12(9)19-14(10)13(17)15(11)20-3-5-21-6-4-20/h1-2,7-8,19H,3-6,17H2. The Hall–Kier alpha value is -1.98. The largest absolute Gasteiger partial charge is 0.395 e. The fraction of sp³-hybridized carbons (Fsp3) is 0.267. The van der Waals surface area contributed by atoms with Gasteiger partial charge in [-0.15, -0.1) is 0 Å². The summed E-state index contributed by atoms with van der Waals surface area (Å²) in [7, 11) is 0. The number of aromatic amines is 1. The number of fused-ring (bicyclic) bond motifs is 3. The number of H-pyrrole nitrogens is 1. The number of benzene rings is 1. The van der Waals surface area contributed by atoms with Gasteiger partial charge in [0.1, 0.15) is 0 Å². The molecule has 3 N–H and O–H groups in total. The number of hydrogen-bond acceptors (Lipinski definition) is 4. The fourth-order valence-corrected chi connectivity index (χ4v) is 3.31. The van der Waals surface area contributed by atoms with Gasteiger partial charge in [0, 0.05) is 30.1 Å². The molecule has 2 aromatic heterocycles. The minimum absolute atomic E-state index is 0.680. The Labute approximate surface area is 126 Å². The molecule has 1 aliphatic rings. The number of aromatic nitrogens is 2. The first-order valence-electron chi connectivity index (χ1n) is 6.92. The van der Waals surface area contributed by atoms with Gasteiger partial charge in [0.15, 0.2) is 0 Å². The molecule has 3 aromatic rings. The molecule has 0 atom stereocenters. The van der Waals surface area contributed by atoms with Gasteiger partial charge in [0.05, 0.1) is 46.8 Å². The number of hydrogen-bond donors (Lipinski definition) is 2. The molecule has 1 saturated heterocycles. The van der Waals surface area contributed by atoms with Crippen LogP contribution >= 0.6 is 11.6 Å². The second-order valence-electron chi connectivity index (χ2n) is 5.19. The molecule has 0 bridgehead atoms. The summed E-state index contributed by atoms with van der Waals surface area (Å²) >= 11 is 6.51. The van der Waals surface area contributed by atoms with E-state index in [-0.39, 0.29) is 0 Å². The number of morpholine rings is 1. The van der Waals surface area contributed by atoms with Crippen molar-refractivity contribution in [1.82, 2.24) is 9.97 Å². The van der Waals surface area contributed by atoms with Crippen LogP contribution in [0.3, 0.4) is 0 Å². The number of rotatable bonds is 1. The Balaban J connectivity index is 1.98. The van der Waals surface area contributed by atoms with E-state index in [1.54, 1.807) is 12.4 Å². The molecule has 3 heterocycles. The van der Waals surface area contributed by atoms with E-state index in [1.165, 1.54) is 0 Å². The third-order valence-electron chi connectivity index (χ3n) is 3.99. The van der Waals surface area contributed by atoms with E-state index < -0.39 is 0 Å². The van der Waals surface area contributed by atoms with E-state index in [0.717, 1.165) is 40.6 Å². The highest BCUT2D eigenvalue weighted by molar-refractivity contribution is 6.36. The quantitative estimate of drug-likeness (QED) is 0.678. The van der Waals surface area contributed by atoms with Crippen LogP contribution in [0.1, 0.15) is 0 Å². The third kappa shape index (κ3) is 1.92. The predicted octanol–water partition coefficient (Wildman–Crippen LogP) is 2.79. The molecule has 0 amide bonds. The summed E-state index contributed by atoms with van der Waals surface area (Å²) in [6.07, 6.45) is 3.58. The minimum Gasteiger partial charge on any atom is -0.395 e. The highest BCUT2D eigenvalue weighted by atomic mass is 35.5. The average molecular weight is 303 g/mol. The molecule has 6 heteroatoms. The van der Waals surface area contributed by atoms with Gasteiger partial charge in [0.2, 0.25) is 0 Å². The molecular formula is C15H15ClN4O. The first-order valence-corrected chi connectivity index (χ1v) is 7.29. The lowest BCUT2D eigenvalue weighted by Gasteiger charge is -2.30. The molecule has 0 saturated carbocycles. The maximum absolute atomic E-state index is 6.51. The van der Waals surface area contributed by atoms with Crippen molar-refractivity contribution >= 4 is 44.8 Å². The van der Waals surface area contributed by atoms with Crippen LogP contribution < -0.4 is 10.6 Å². The zero-order valence-electron chi connectivity index (χ0n) is 11.4. The lowest BCUT2D eigenvalue weighted by molar-refractivity contribution is 0.123. The molecule has 0 spiro atoms. The van der Waals surface area contributed by atoms with Crippen molar-refractivity contribution in [3.63, 3.8) is 0 Å². The lowest BCUT2D eigenvalue weighted by atomic mass is 10.1. The normalized spacial score (nSPS) is 16.0. The number of halogens is 1. The molecule has 21 heavy (non-hydrogen) atoms. The van der Waals surface area contributed by atoms with Crippen LogP contribution in [0.25, 0.3) is 21.8 Å². The molecule has 5 nitrogen and oxygen atoms in total. The first-order chi connectivity index (χ1) is 10.3. The summed E-state index contributed by atoms with van der Waals surface area (Å²) < 4.78 is 5.39. The molecule has 1 fully saturated rings. The van der Waals surface area contributed by atoms with Crippen molar-refractivity contribution in [3.8, 4) is 0 Å². The van der Waals surface area contributed by atoms with Crippen molar-refractivity contribution in [2.24, 2.45) is 0 Å². The average Bonchev–Trinajstić information content (AvgIpc) is 2.88. The van der Waals surface area contributed by atoms with Gasteiger partial charge in [-0.25, -0.2) is 0 Å². The van der Waals surface area contributed by atoms with Crippen molar-refractivity contribution in [2.45, 2.75) is 0 Å². The summed E-state index contributed by atoms with van der Waals surface area (Å²) in [6, 6.07) is 3.95. The summed E-state index contributed by atoms with van der Waals surface area (Å²) in [5.74, 6) is 0. The predicted molar refractivity (Wildman–Crippen MR) is 86.1 cm³/mol. The number of pyridine rings is 1. The minimum atomic E-state index is 0.680. The number of nitrogens with two attached hydrogens (primary N) is 1. The molecule has 0 aliphatic carbocycles. The van der Waals surface area contributed by atoms with Crippen LogP contribution in [-0.4, -0.2) is 36.3 Å². The number of ether oxygens (including phenoxy) is 1. The zero-order chi connectivity index (χ0) is 14.4. The Morgan fingerprint density at radius 1 is 1.29 bits per heavy atom. The van der Waals surface area contributed by atoms with Crippen LogP contribution in [0, 0.1) is 0 Å². The lowest BCUT2D eigenvalue weighted by Crippen LogP contribution is -2.36.